The van der Waals surface area contributed by atoms with Gasteiger partial charge < -0.3 is 4.74 Å². The van der Waals surface area contributed by atoms with Gasteiger partial charge in [0.05, 0.1) is 4.88 Å². The first-order valence-electron chi connectivity index (χ1n) is 6.63. The second-order valence-electron chi connectivity index (χ2n) is 5.04. The number of thiophene rings is 1. The van der Waals surface area contributed by atoms with Gasteiger partial charge in [-0.05, 0) is 42.6 Å². The first kappa shape index (κ1) is 12.7. The van der Waals surface area contributed by atoms with Crippen LogP contribution in [0, 0.1) is 5.92 Å². The Labute approximate surface area is 116 Å². The van der Waals surface area contributed by atoms with Crippen LogP contribution in [0.5, 0.6) is 0 Å². The van der Waals surface area contributed by atoms with E-state index in [2.05, 4.69) is 6.07 Å². The van der Waals surface area contributed by atoms with Gasteiger partial charge in [0.15, 0.2) is 5.78 Å². The topological polar surface area (TPSA) is 26.3 Å². The molecule has 0 N–H and O–H groups in total. The molecule has 0 unspecified atom stereocenters. The number of rotatable bonds is 3. The van der Waals surface area contributed by atoms with Gasteiger partial charge in [0.1, 0.15) is 0 Å². The van der Waals surface area contributed by atoms with Gasteiger partial charge in [-0.3, -0.25) is 4.79 Å². The molecule has 0 spiro atoms. The smallest absolute Gasteiger partial charge is 0.173 e. The van der Waals surface area contributed by atoms with E-state index < -0.39 is 0 Å². The van der Waals surface area contributed by atoms with Crippen molar-refractivity contribution in [3.05, 3.63) is 21.4 Å². The highest BCUT2D eigenvalue weighted by Gasteiger charge is 2.21. The lowest BCUT2D eigenvalue weighted by atomic mass is 9.94. The van der Waals surface area contributed by atoms with Gasteiger partial charge in [0.25, 0.3) is 0 Å². The zero-order chi connectivity index (χ0) is 12.4. The van der Waals surface area contributed by atoms with Crippen LogP contribution >= 0.6 is 23.1 Å². The molecule has 2 nitrogen and oxygen atoms in total. The standard InChI is InChI=1S/C14H18O2S2/c15-12(7-10-1-4-16-5-2-10)14-8-11-9-17-6-3-13(11)18-14/h8,10H,1-7,9H2. The minimum Gasteiger partial charge on any atom is -0.381 e. The third kappa shape index (κ3) is 2.81. The fraction of sp³-hybridized carbons (Fsp3) is 0.643. The maximum Gasteiger partial charge on any atom is 0.173 e. The third-order valence-electron chi connectivity index (χ3n) is 3.72. The maximum atomic E-state index is 12.3. The number of hydrogen-bond acceptors (Lipinski definition) is 4. The lowest BCUT2D eigenvalue weighted by molar-refractivity contribution is 0.0602. The summed E-state index contributed by atoms with van der Waals surface area (Å²) in [5, 5.41) is 0. The third-order valence-corrected chi connectivity index (χ3v) is 6.00. The van der Waals surface area contributed by atoms with E-state index in [9.17, 15) is 4.79 Å². The molecule has 18 heavy (non-hydrogen) atoms. The molecule has 1 saturated heterocycles. The highest BCUT2D eigenvalue weighted by Crippen LogP contribution is 2.33. The number of carbonyl (C=O) groups excluding carboxylic acids is 1. The molecule has 0 radical (unpaired) electrons. The summed E-state index contributed by atoms with van der Waals surface area (Å²) in [4.78, 5) is 14.7. The van der Waals surface area contributed by atoms with Crippen molar-refractivity contribution in [2.24, 2.45) is 5.92 Å². The van der Waals surface area contributed by atoms with E-state index in [0.717, 1.165) is 49.5 Å². The number of fused-ring (bicyclic) bond motifs is 1. The normalized spacial score (nSPS) is 20.7. The second kappa shape index (κ2) is 5.76. The Balaban J connectivity index is 1.66. The van der Waals surface area contributed by atoms with Crippen LogP contribution in [0.2, 0.25) is 0 Å². The van der Waals surface area contributed by atoms with Gasteiger partial charge in [-0.15, -0.1) is 11.3 Å². The number of carbonyl (C=O) groups is 1. The Bertz CT molecular complexity index is 410. The highest BCUT2D eigenvalue weighted by atomic mass is 32.2. The molecular formula is C14H18O2S2. The summed E-state index contributed by atoms with van der Waals surface area (Å²) in [6, 6.07) is 2.15. The van der Waals surface area contributed by atoms with Crippen LogP contribution < -0.4 is 0 Å². The summed E-state index contributed by atoms with van der Waals surface area (Å²) >= 11 is 3.72. The van der Waals surface area contributed by atoms with Crippen molar-refractivity contribution in [1.82, 2.24) is 0 Å². The maximum absolute atomic E-state index is 12.3. The summed E-state index contributed by atoms with van der Waals surface area (Å²) in [5.74, 6) is 3.20. The Morgan fingerprint density at radius 1 is 1.39 bits per heavy atom. The molecule has 0 amide bonds. The van der Waals surface area contributed by atoms with Crippen molar-refractivity contribution in [1.29, 1.82) is 0 Å². The zero-order valence-corrected chi connectivity index (χ0v) is 12.1. The molecule has 1 aromatic heterocycles. The molecule has 1 aromatic rings. The number of aryl methyl sites for hydroxylation is 1. The molecule has 0 atom stereocenters. The average molecular weight is 282 g/mol. The number of Topliss-reactive ketones (excluding diaryl/α,β-unsaturated/α-hetero) is 1. The minimum atomic E-state index is 0.353. The SMILES string of the molecule is O=C(CC1CCOCC1)c1cc2c(s1)CCSC2. The van der Waals surface area contributed by atoms with Crippen molar-refractivity contribution in [2.75, 3.05) is 19.0 Å². The average Bonchev–Trinajstić information content (AvgIpc) is 2.84. The van der Waals surface area contributed by atoms with E-state index in [1.807, 2.05) is 11.8 Å². The van der Waals surface area contributed by atoms with Crippen molar-refractivity contribution < 1.29 is 9.53 Å². The van der Waals surface area contributed by atoms with Crippen LogP contribution in [0.15, 0.2) is 6.07 Å². The molecular weight excluding hydrogens is 264 g/mol. The fourth-order valence-electron chi connectivity index (χ4n) is 2.60. The molecule has 3 heterocycles. The molecule has 2 aliphatic heterocycles. The Hall–Kier alpha value is -0.320. The number of ketones is 1. The van der Waals surface area contributed by atoms with E-state index in [0.29, 0.717) is 11.7 Å². The first-order valence-corrected chi connectivity index (χ1v) is 8.60. The minimum absolute atomic E-state index is 0.353. The van der Waals surface area contributed by atoms with Crippen LogP contribution in [0.4, 0.5) is 0 Å². The predicted octanol–water partition coefficient (Wildman–Crippen LogP) is 3.54. The van der Waals surface area contributed by atoms with Crippen molar-refractivity contribution in [2.45, 2.75) is 31.4 Å². The number of hydrogen-bond donors (Lipinski definition) is 0. The summed E-state index contributed by atoms with van der Waals surface area (Å²) in [6.45, 7) is 1.66. The van der Waals surface area contributed by atoms with Crippen LogP contribution in [0.1, 0.15) is 39.4 Å². The van der Waals surface area contributed by atoms with E-state index in [4.69, 9.17) is 4.74 Å². The Kier molecular flexibility index (Phi) is 4.07. The predicted molar refractivity (Wildman–Crippen MR) is 76.7 cm³/mol. The summed E-state index contributed by atoms with van der Waals surface area (Å²) in [5.41, 5.74) is 1.41. The molecule has 1 fully saturated rings. The fourth-order valence-corrected chi connectivity index (χ4v) is 4.92. The number of ether oxygens (including phenoxy) is 1. The first-order chi connectivity index (χ1) is 8.83. The van der Waals surface area contributed by atoms with E-state index in [1.54, 1.807) is 11.3 Å². The van der Waals surface area contributed by atoms with Crippen LogP contribution in [-0.4, -0.2) is 24.7 Å². The van der Waals surface area contributed by atoms with Crippen LogP contribution in [0.25, 0.3) is 0 Å². The number of thioether (sulfide) groups is 1. The monoisotopic (exact) mass is 282 g/mol. The van der Waals surface area contributed by atoms with Crippen molar-refractivity contribution in [3.8, 4) is 0 Å². The quantitative estimate of drug-likeness (QED) is 0.793. The van der Waals surface area contributed by atoms with E-state index in [1.165, 1.54) is 16.2 Å². The van der Waals surface area contributed by atoms with Gasteiger partial charge >= 0.3 is 0 Å². The molecule has 0 saturated carbocycles. The summed E-state index contributed by atoms with van der Waals surface area (Å²) in [6.07, 6.45) is 3.96. The Morgan fingerprint density at radius 2 is 2.22 bits per heavy atom. The van der Waals surface area contributed by atoms with Gasteiger partial charge in [0.2, 0.25) is 0 Å². The largest absolute Gasteiger partial charge is 0.381 e. The second-order valence-corrected chi connectivity index (χ2v) is 7.29. The van der Waals surface area contributed by atoms with Gasteiger partial charge in [0, 0.05) is 30.3 Å². The van der Waals surface area contributed by atoms with E-state index in [-0.39, 0.29) is 0 Å². The Morgan fingerprint density at radius 3 is 3.00 bits per heavy atom. The molecule has 4 heteroatoms. The van der Waals surface area contributed by atoms with Gasteiger partial charge in [-0.1, -0.05) is 0 Å². The van der Waals surface area contributed by atoms with E-state index >= 15 is 0 Å². The highest BCUT2D eigenvalue weighted by molar-refractivity contribution is 7.98. The summed E-state index contributed by atoms with van der Waals surface area (Å²) in [7, 11) is 0. The summed E-state index contributed by atoms with van der Waals surface area (Å²) < 4.78 is 5.34. The molecule has 0 aliphatic carbocycles. The van der Waals surface area contributed by atoms with Crippen LogP contribution in [-0.2, 0) is 16.9 Å². The van der Waals surface area contributed by atoms with Crippen molar-refractivity contribution >= 4 is 28.9 Å². The van der Waals surface area contributed by atoms with Gasteiger partial charge in [-0.2, -0.15) is 11.8 Å². The lowest BCUT2D eigenvalue weighted by Crippen LogP contribution is -2.18. The van der Waals surface area contributed by atoms with Gasteiger partial charge in [-0.25, -0.2) is 0 Å². The van der Waals surface area contributed by atoms with Crippen LogP contribution in [0.3, 0.4) is 0 Å². The lowest BCUT2D eigenvalue weighted by Gasteiger charge is -2.20. The molecule has 3 rings (SSSR count). The zero-order valence-electron chi connectivity index (χ0n) is 10.4. The molecule has 0 aromatic carbocycles. The molecule has 2 aliphatic rings. The molecule has 0 bridgehead atoms. The molecule has 98 valence electrons. The van der Waals surface area contributed by atoms with Crippen molar-refractivity contribution in [3.63, 3.8) is 0 Å².